The number of hydrogen-bond donors (Lipinski definition) is 1. The van der Waals surface area contributed by atoms with Crippen molar-refractivity contribution < 1.29 is 19.2 Å². The lowest BCUT2D eigenvalue weighted by Crippen LogP contribution is -2.45. The molecular formula is C10H20N2O4. The van der Waals surface area contributed by atoms with E-state index in [1.165, 1.54) is 14.2 Å². The predicted octanol–water partition coefficient (Wildman–Crippen LogP) is 0.919. The molecule has 0 aliphatic heterocycles. The summed E-state index contributed by atoms with van der Waals surface area (Å²) in [4.78, 5) is 27.5. The average Bonchev–Trinajstić information content (AvgIpc) is 2.26. The molecule has 0 bridgehead atoms. The first-order chi connectivity index (χ1) is 7.42. The molecule has 0 fully saturated rings. The summed E-state index contributed by atoms with van der Waals surface area (Å²) < 4.78 is 4.97. The lowest BCUT2D eigenvalue weighted by Gasteiger charge is -2.20. The standard InChI is InChI=1S/C10H20N2O4/c1-6-7(2)16-10(14)11-8(3)9(13)12(4)15-5/h7-8H,6H2,1-5H3,(H,11,14)/t7-,8?/m0/s1. The number of rotatable bonds is 5. The van der Waals surface area contributed by atoms with Crippen molar-refractivity contribution in [2.24, 2.45) is 0 Å². The first-order valence-electron chi connectivity index (χ1n) is 5.21. The summed E-state index contributed by atoms with van der Waals surface area (Å²) in [6.07, 6.45) is -0.0320. The van der Waals surface area contributed by atoms with E-state index in [9.17, 15) is 9.59 Å². The summed E-state index contributed by atoms with van der Waals surface area (Å²) in [5, 5.41) is 3.48. The van der Waals surface area contributed by atoms with Gasteiger partial charge in [-0.25, -0.2) is 9.86 Å². The van der Waals surface area contributed by atoms with Crippen molar-refractivity contribution in [1.29, 1.82) is 0 Å². The van der Waals surface area contributed by atoms with Gasteiger partial charge >= 0.3 is 6.09 Å². The molecule has 6 nitrogen and oxygen atoms in total. The van der Waals surface area contributed by atoms with Gasteiger partial charge in [0.05, 0.1) is 7.11 Å². The van der Waals surface area contributed by atoms with Crippen LogP contribution in [0.1, 0.15) is 27.2 Å². The van der Waals surface area contributed by atoms with Gasteiger partial charge in [-0.05, 0) is 20.3 Å². The molecule has 0 aliphatic rings. The largest absolute Gasteiger partial charge is 0.447 e. The van der Waals surface area contributed by atoms with Crippen molar-refractivity contribution in [1.82, 2.24) is 10.4 Å². The van der Waals surface area contributed by atoms with Crippen LogP contribution in [0.2, 0.25) is 0 Å². The topological polar surface area (TPSA) is 67.9 Å². The average molecular weight is 232 g/mol. The van der Waals surface area contributed by atoms with E-state index < -0.39 is 12.1 Å². The van der Waals surface area contributed by atoms with E-state index in [-0.39, 0.29) is 12.0 Å². The summed E-state index contributed by atoms with van der Waals surface area (Å²) in [6, 6.07) is -0.679. The first-order valence-corrected chi connectivity index (χ1v) is 5.21. The van der Waals surface area contributed by atoms with E-state index in [1.807, 2.05) is 6.92 Å². The Bertz CT molecular complexity index is 245. The summed E-state index contributed by atoms with van der Waals surface area (Å²) in [6.45, 7) is 5.26. The van der Waals surface area contributed by atoms with Gasteiger partial charge in [-0.15, -0.1) is 0 Å². The van der Waals surface area contributed by atoms with Crippen LogP contribution < -0.4 is 5.32 Å². The van der Waals surface area contributed by atoms with Gasteiger partial charge in [-0.3, -0.25) is 9.63 Å². The SMILES string of the molecule is CC[C@H](C)OC(=O)NC(C)C(=O)N(C)OC. The quantitative estimate of drug-likeness (QED) is 0.716. The summed E-state index contributed by atoms with van der Waals surface area (Å²) in [7, 11) is 2.85. The van der Waals surface area contributed by atoms with Crippen molar-refractivity contribution in [2.45, 2.75) is 39.3 Å². The summed E-state index contributed by atoms with van der Waals surface area (Å²) >= 11 is 0. The highest BCUT2D eigenvalue weighted by atomic mass is 16.7. The molecule has 1 unspecified atom stereocenters. The van der Waals surface area contributed by atoms with Crippen LogP contribution in [0.3, 0.4) is 0 Å². The molecule has 0 saturated carbocycles. The van der Waals surface area contributed by atoms with Gasteiger partial charge in [-0.2, -0.15) is 0 Å². The molecule has 0 aromatic carbocycles. The van der Waals surface area contributed by atoms with E-state index in [2.05, 4.69) is 5.32 Å². The zero-order valence-electron chi connectivity index (χ0n) is 10.4. The molecule has 0 saturated heterocycles. The highest BCUT2D eigenvalue weighted by Gasteiger charge is 2.20. The molecule has 0 aromatic heterocycles. The van der Waals surface area contributed by atoms with Crippen LogP contribution in [0.25, 0.3) is 0 Å². The van der Waals surface area contributed by atoms with Crippen molar-refractivity contribution in [3.05, 3.63) is 0 Å². The van der Waals surface area contributed by atoms with Gasteiger partial charge in [0.15, 0.2) is 0 Å². The number of hydrogen-bond acceptors (Lipinski definition) is 4. The second-order valence-corrected chi connectivity index (χ2v) is 3.51. The zero-order chi connectivity index (χ0) is 12.7. The lowest BCUT2D eigenvalue weighted by molar-refractivity contribution is -0.170. The highest BCUT2D eigenvalue weighted by Crippen LogP contribution is 1.98. The number of hydroxylamine groups is 2. The van der Waals surface area contributed by atoms with E-state index in [0.29, 0.717) is 0 Å². The molecule has 1 N–H and O–H groups in total. The minimum atomic E-state index is -0.679. The Kier molecular flexibility index (Phi) is 6.48. The predicted molar refractivity (Wildman–Crippen MR) is 58.6 cm³/mol. The molecule has 0 spiro atoms. The fourth-order valence-corrected chi connectivity index (χ4v) is 0.901. The first kappa shape index (κ1) is 14.7. The molecule has 2 amide bonds. The summed E-state index contributed by atoms with van der Waals surface area (Å²) in [5.74, 6) is -0.344. The number of carbonyl (C=O) groups is 2. The minimum Gasteiger partial charge on any atom is -0.447 e. The van der Waals surface area contributed by atoms with Gasteiger partial charge in [-0.1, -0.05) is 6.92 Å². The van der Waals surface area contributed by atoms with E-state index in [0.717, 1.165) is 11.5 Å². The van der Waals surface area contributed by atoms with Gasteiger partial charge in [0, 0.05) is 7.05 Å². The number of nitrogens with one attached hydrogen (secondary N) is 1. The fraction of sp³-hybridized carbons (Fsp3) is 0.800. The van der Waals surface area contributed by atoms with Crippen LogP contribution >= 0.6 is 0 Å². The molecule has 0 heterocycles. The molecule has 2 atom stereocenters. The maximum Gasteiger partial charge on any atom is 0.408 e. The Balaban J connectivity index is 4.09. The summed E-state index contributed by atoms with van der Waals surface area (Å²) in [5.41, 5.74) is 0. The third-order valence-electron chi connectivity index (χ3n) is 2.17. The smallest absolute Gasteiger partial charge is 0.408 e. The maximum absolute atomic E-state index is 11.5. The van der Waals surface area contributed by atoms with E-state index >= 15 is 0 Å². The Morgan fingerprint density at radius 2 is 1.94 bits per heavy atom. The van der Waals surface area contributed by atoms with Gasteiger partial charge in [0.1, 0.15) is 12.1 Å². The van der Waals surface area contributed by atoms with Crippen molar-refractivity contribution in [2.75, 3.05) is 14.2 Å². The van der Waals surface area contributed by atoms with Gasteiger partial charge < -0.3 is 10.1 Å². The van der Waals surface area contributed by atoms with E-state index in [1.54, 1.807) is 13.8 Å². The van der Waals surface area contributed by atoms with E-state index in [4.69, 9.17) is 9.57 Å². The zero-order valence-corrected chi connectivity index (χ0v) is 10.4. The van der Waals surface area contributed by atoms with Crippen molar-refractivity contribution in [3.8, 4) is 0 Å². The number of likely N-dealkylation sites (N-methyl/N-ethyl adjacent to an activating group) is 1. The maximum atomic E-state index is 11.5. The van der Waals surface area contributed by atoms with Crippen LogP contribution in [-0.4, -0.2) is 43.4 Å². The van der Waals surface area contributed by atoms with Crippen LogP contribution in [0.15, 0.2) is 0 Å². The number of nitrogens with zero attached hydrogens (tertiary/aromatic N) is 1. The molecule has 94 valence electrons. The Labute approximate surface area is 95.8 Å². The molecule has 6 heteroatoms. The third-order valence-corrected chi connectivity index (χ3v) is 2.17. The lowest BCUT2D eigenvalue weighted by atomic mass is 10.3. The van der Waals surface area contributed by atoms with Crippen molar-refractivity contribution >= 4 is 12.0 Å². The minimum absolute atomic E-state index is 0.164. The fourth-order valence-electron chi connectivity index (χ4n) is 0.901. The normalized spacial score (nSPS) is 13.8. The molecular weight excluding hydrogens is 212 g/mol. The van der Waals surface area contributed by atoms with Crippen LogP contribution in [0, 0.1) is 0 Å². The third kappa shape index (κ3) is 4.97. The molecule has 0 aromatic rings. The Hall–Kier alpha value is -1.30. The van der Waals surface area contributed by atoms with Crippen LogP contribution in [0.5, 0.6) is 0 Å². The number of alkyl carbamates (subject to hydrolysis) is 1. The number of ether oxygens (including phenoxy) is 1. The highest BCUT2D eigenvalue weighted by molar-refractivity contribution is 5.84. The van der Waals surface area contributed by atoms with Gasteiger partial charge in [0.2, 0.25) is 0 Å². The van der Waals surface area contributed by atoms with Gasteiger partial charge in [0.25, 0.3) is 5.91 Å². The molecule has 0 radical (unpaired) electrons. The number of carbonyl (C=O) groups excluding carboxylic acids is 2. The Morgan fingerprint density at radius 1 is 1.38 bits per heavy atom. The Morgan fingerprint density at radius 3 is 2.38 bits per heavy atom. The van der Waals surface area contributed by atoms with Crippen molar-refractivity contribution in [3.63, 3.8) is 0 Å². The second kappa shape index (κ2) is 7.05. The second-order valence-electron chi connectivity index (χ2n) is 3.51. The molecule has 0 aliphatic carbocycles. The van der Waals surface area contributed by atoms with Crippen LogP contribution in [-0.2, 0) is 14.4 Å². The number of amides is 2. The monoisotopic (exact) mass is 232 g/mol. The molecule has 0 rings (SSSR count). The van der Waals surface area contributed by atoms with Crippen LogP contribution in [0.4, 0.5) is 4.79 Å². The molecule has 16 heavy (non-hydrogen) atoms.